The topological polar surface area (TPSA) is 61.4 Å². The third-order valence-electron chi connectivity index (χ3n) is 3.35. The number of benzene rings is 1. The van der Waals surface area contributed by atoms with E-state index in [-0.39, 0.29) is 12.2 Å². The normalized spacial score (nSPS) is 17.0. The standard InChI is InChI=1S/C16H22BrF2NO3S/c1-6-23-14(21)13(19)16(5,20-24(22)15(2,3)4)11-9-10(17)7-8-12(11)18/h7-9,13,20H,6H2,1-5H3/t13-,16+,24?/m0/s1. The van der Waals surface area contributed by atoms with Crippen molar-refractivity contribution < 1.29 is 22.9 Å². The Kier molecular flexibility index (Phi) is 7.22. The number of nitrogens with one attached hydrogen (secondary N) is 1. The summed E-state index contributed by atoms with van der Waals surface area (Å²) in [5, 5.41) is 0. The first-order chi connectivity index (χ1) is 10.9. The fraction of sp³-hybridized carbons (Fsp3) is 0.562. The average molecular weight is 426 g/mol. The van der Waals surface area contributed by atoms with Crippen LogP contribution in [0.1, 0.15) is 40.2 Å². The number of hydrogen-bond acceptors (Lipinski definition) is 4. The smallest absolute Gasteiger partial charge is 0.343 e. The molecule has 0 heterocycles. The molecular formula is C16H22BrF2NO3S. The molecule has 0 radical (unpaired) electrons. The highest BCUT2D eigenvalue weighted by Crippen LogP contribution is 2.34. The van der Waals surface area contributed by atoms with E-state index >= 15 is 0 Å². The van der Waals surface area contributed by atoms with Crippen molar-refractivity contribution in [2.45, 2.75) is 51.1 Å². The van der Waals surface area contributed by atoms with Gasteiger partial charge in [-0.3, -0.25) is 0 Å². The van der Waals surface area contributed by atoms with E-state index in [1.807, 2.05) is 0 Å². The summed E-state index contributed by atoms with van der Waals surface area (Å²) in [6.07, 6.45) is -2.24. The van der Waals surface area contributed by atoms with Gasteiger partial charge in [-0.15, -0.1) is 4.72 Å². The van der Waals surface area contributed by atoms with Gasteiger partial charge in [0.2, 0.25) is 6.17 Å². The highest BCUT2D eigenvalue weighted by atomic mass is 79.9. The van der Waals surface area contributed by atoms with Gasteiger partial charge >= 0.3 is 5.97 Å². The maximum Gasteiger partial charge on any atom is 0.343 e. The number of carbonyl (C=O) groups is 1. The molecule has 1 aromatic rings. The van der Waals surface area contributed by atoms with Crippen LogP contribution in [0.2, 0.25) is 0 Å². The number of esters is 1. The van der Waals surface area contributed by atoms with Gasteiger partial charge in [-0.25, -0.2) is 13.6 Å². The van der Waals surface area contributed by atoms with E-state index < -0.39 is 39.6 Å². The molecule has 3 atom stereocenters. The maximum absolute atomic E-state index is 14.9. The van der Waals surface area contributed by atoms with E-state index in [2.05, 4.69) is 20.7 Å². The Balaban J connectivity index is 3.40. The Labute approximate surface area is 152 Å². The summed E-state index contributed by atoms with van der Waals surface area (Å²) < 4.78 is 48.8. The lowest BCUT2D eigenvalue weighted by Crippen LogP contribution is -2.57. The molecule has 136 valence electrons. The van der Waals surface area contributed by atoms with Gasteiger partial charge in [0.25, 0.3) is 0 Å². The van der Waals surface area contributed by atoms with E-state index in [0.717, 1.165) is 6.07 Å². The lowest BCUT2D eigenvalue weighted by Gasteiger charge is -2.36. The Hall–Kier alpha value is -0.700. The summed E-state index contributed by atoms with van der Waals surface area (Å²) in [4.78, 5) is 11.9. The summed E-state index contributed by atoms with van der Waals surface area (Å²) in [7, 11) is 0. The lowest BCUT2D eigenvalue weighted by molar-refractivity contribution is -0.152. The summed E-state index contributed by atoms with van der Waals surface area (Å²) in [5.41, 5.74) is -1.98. The molecule has 0 bridgehead atoms. The first-order valence-electron chi connectivity index (χ1n) is 7.39. The first kappa shape index (κ1) is 21.3. The van der Waals surface area contributed by atoms with Gasteiger partial charge in [0.1, 0.15) is 16.1 Å². The molecule has 8 heteroatoms. The molecule has 0 fully saturated rings. The lowest BCUT2D eigenvalue weighted by atomic mass is 9.87. The zero-order chi connectivity index (χ0) is 18.7. The van der Waals surface area contributed by atoms with Gasteiger partial charge in [-0.1, -0.05) is 15.9 Å². The van der Waals surface area contributed by atoms with Crippen LogP contribution in [0.25, 0.3) is 0 Å². The van der Waals surface area contributed by atoms with Crippen LogP contribution in [-0.2, 0) is 26.4 Å². The van der Waals surface area contributed by atoms with Gasteiger partial charge in [0, 0.05) is 21.4 Å². The molecule has 4 nitrogen and oxygen atoms in total. The monoisotopic (exact) mass is 425 g/mol. The minimum Gasteiger partial charge on any atom is -0.598 e. The first-order valence-corrected chi connectivity index (χ1v) is 9.33. The van der Waals surface area contributed by atoms with Crippen LogP contribution in [0.3, 0.4) is 0 Å². The minimum absolute atomic E-state index is 0.0152. The molecule has 0 aliphatic heterocycles. The number of ether oxygens (including phenoxy) is 1. The summed E-state index contributed by atoms with van der Waals surface area (Å²) >= 11 is 1.46. The van der Waals surface area contributed by atoms with Crippen molar-refractivity contribution in [3.05, 3.63) is 34.1 Å². The summed E-state index contributed by atoms with van der Waals surface area (Å²) in [6.45, 7) is 7.88. The largest absolute Gasteiger partial charge is 0.598 e. The molecule has 1 aromatic carbocycles. The van der Waals surface area contributed by atoms with Crippen LogP contribution in [0.15, 0.2) is 22.7 Å². The molecule has 1 rings (SSSR count). The van der Waals surface area contributed by atoms with Gasteiger partial charge in [0.15, 0.2) is 0 Å². The highest BCUT2D eigenvalue weighted by Gasteiger charge is 2.49. The third-order valence-corrected chi connectivity index (χ3v) is 5.56. The van der Waals surface area contributed by atoms with Crippen LogP contribution in [-0.4, -0.2) is 28.0 Å². The Morgan fingerprint density at radius 1 is 1.42 bits per heavy atom. The van der Waals surface area contributed by atoms with Crippen molar-refractivity contribution >= 4 is 33.3 Å². The molecule has 0 saturated heterocycles. The zero-order valence-electron chi connectivity index (χ0n) is 14.3. The van der Waals surface area contributed by atoms with Crippen molar-refractivity contribution in [2.75, 3.05) is 6.61 Å². The molecule has 0 spiro atoms. The van der Waals surface area contributed by atoms with Crippen molar-refractivity contribution in [1.82, 2.24) is 4.72 Å². The van der Waals surface area contributed by atoms with E-state index in [1.165, 1.54) is 19.1 Å². The predicted molar refractivity (Wildman–Crippen MR) is 94.0 cm³/mol. The second-order valence-corrected chi connectivity index (χ2v) is 9.31. The zero-order valence-corrected chi connectivity index (χ0v) is 16.7. The molecule has 0 aromatic heterocycles. The van der Waals surface area contributed by atoms with Crippen LogP contribution in [0, 0.1) is 5.82 Å². The van der Waals surface area contributed by atoms with Crippen LogP contribution < -0.4 is 4.72 Å². The van der Waals surface area contributed by atoms with Gasteiger partial charge in [0.05, 0.1) is 6.61 Å². The quantitative estimate of drug-likeness (QED) is 0.556. The number of hydrogen-bond donors (Lipinski definition) is 1. The molecule has 0 saturated carbocycles. The number of carbonyl (C=O) groups excluding carboxylic acids is 1. The number of halogens is 3. The van der Waals surface area contributed by atoms with Gasteiger partial charge < -0.3 is 9.29 Å². The van der Waals surface area contributed by atoms with E-state index in [4.69, 9.17) is 4.74 Å². The second kappa shape index (κ2) is 8.12. The molecule has 0 aliphatic carbocycles. The van der Waals surface area contributed by atoms with E-state index in [0.29, 0.717) is 4.47 Å². The Morgan fingerprint density at radius 3 is 2.50 bits per heavy atom. The van der Waals surface area contributed by atoms with Crippen LogP contribution in [0.5, 0.6) is 0 Å². The fourth-order valence-electron chi connectivity index (χ4n) is 1.94. The average Bonchev–Trinajstić information content (AvgIpc) is 2.47. The second-order valence-electron chi connectivity index (χ2n) is 6.42. The van der Waals surface area contributed by atoms with Crippen molar-refractivity contribution in [3.8, 4) is 0 Å². The molecule has 0 aliphatic rings. The summed E-state index contributed by atoms with van der Waals surface area (Å²) in [6, 6.07) is 3.96. The van der Waals surface area contributed by atoms with Crippen molar-refractivity contribution in [1.29, 1.82) is 0 Å². The maximum atomic E-state index is 14.9. The third kappa shape index (κ3) is 4.91. The number of rotatable bonds is 6. The Bertz CT molecular complexity index is 597. The SMILES string of the molecule is CCOC(=O)[C@H](F)[C@](C)(N[S+]([O-])C(C)(C)C)c1cc(Br)ccc1F. The minimum atomic E-state index is -2.24. The molecule has 24 heavy (non-hydrogen) atoms. The van der Waals surface area contributed by atoms with Crippen molar-refractivity contribution in [2.24, 2.45) is 0 Å². The predicted octanol–water partition coefficient (Wildman–Crippen LogP) is 3.76. The van der Waals surface area contributed by atoms with Gasteiger partial charge in [-0.05, 0) is 52.8 Å². The van der Waals surface area contributed by atoms with E-state index in [1.54, 1.807) is 27.7 Å². The molecule has 1 unspecified atom stereocenters. The summed E-state index contributed by atoms with van der Waals surface area (Å²) in [5.74, 6) is -1.86. The number of alkyl halides is 1. The van der Waals surface area contributed by atoms with Crippen LogP contribution in [0.4, 0.5) is 8.78 Å². The van der Waals surface area contributed by atoms with Crippen LogP contribution >= 0.6 is 15.9 Å². The highest BCUT2D eigenvalue weighted by molar-refractivity contribution is 9.10. The van der Waals surface area contributed by atoms with E-state index in [9.17, 15) is 18.1 Å². The van der Waals surface area contributed by atoms with Crippen molar-refractivity contribution in [3.63, 3.8) is 0 Å². The Morgan fingerprint density at radius 2 is 2.00 bits per heavy atom. The fourth-order valence-corrected chi connectivity index (χ4v) is 3.20. The molecular weight excluding hydrogens is 404 g/mol. The molecule has 1 N–H and O–H groups in total. The molecule has 0 amide bonds. The van der Waals surface area contributed by atoms with Gasteiger partial charge in [-0.2, -0.15) is 0 Å².